The predicted octanol–water partition coefficient (Wildman–Crippen LogP) is 7.75. The van der Waals surface area contributed by atoms with Crippen LogP contribution in [0.2, 0.25) is 0 Å². The Balaban J connectivity index is 1.58. The third-order valence-electron chi connectivity index (χ3n) is 8.87. The third-order valence-corrected chi connectivity index (χ3v) is 8.87. The fourth-order valence-electron chi connectivity index (χ4n) is 7.40. The van der Waals surface area contributed by atoms with Crippen LogP contribution >= 0.6 is 0 Å². The van der Waals surface area contributed by atoms with Crippen LogP contribution in [0.3, 0.4) is 0 Å². The first-order valence-electron chi connectivity index (χ1n) is 13.3. The van der Waals surface area contributed by atoms with Gasteiger partial charge in [0, 0.05) is 22.4 Å². The molecule has 1 spiro atoms. The van der Waals surface area contributed by atoms with Gasteiger partial charge < -0.3 is 4.57 Å². The maximum absolute atomic E-state index is 9.95. The van der Waals surface area contributed by atoms with E-state index in [0.717, 1.165) is 71.8 Å². The lowest BCUT2D eigenvalue weighted by atomic mass is 9.65. The molecule has 0 atom stereocenters. The minimum absolute atomic E-state index is 0.623. The molecule has 4 heteroatoms. The number of hydrogen-bond acceptors (Lipinski definition) is 3. The molecule has 0 bridgehead atoms. The topological polar surface area (TPSA) is 65.4 Å². The molecule has 5 aromatic carbocycles. The molecule has 0 N–H and O–H groups in total. The van der Waals surface area contributed by atoms with Gasteiger partial charge in [0.1, 0.15) is 0 Å². The second-order valence-corrected chi connectivity index (χ2v) is 10.6. The molecule has 9 rings (SSSR count). The molecule has 182 valence electrons. The Kier molecular flexibility index (Phi) is 3.84. The van der Waals surface area contributed by atoms with Crippen molar-refractivity contribution >= 4 is 32.7 Å². The highest BCUT2D eigenvalue weighted by molar-refractivity contribution is 6.19. The summed E-state index contributed by atoms with van der Waals surface area (Å²) in [5, 5.41) is 23.3. The standard InChI is InChI=1S/C36H18N4/c37-18-21-12-14-23-24-15-13-22(19-38)17-31(24)36(30(23)16-21)28-8-2-4-11-33(28)40-34-26-6-1-3-10-32(26)39-20-27(34)25-7-5-9-29(36)35(25)40/h1-17,20H. The lowest BCUT2D eigenvalue weighted by molar-refractivity contribution is 0.748. The molecule has 2 aliphatic rings. The molecule has 0 fully saturated rings. The highest BCUT2D eigenvalue weighted by Crippen LogP contribution is 2.61. The van der Waals surface area contributed by atoms with Crippen LogP contribution in [0.1, 0.15) is 33.4 Å². The van der Waals surface area contributed by atoms with E-state index in [1.54, 1.807) is 0 Å². The molecule has 4 nitrogen and oxygen atoms in total. The lowest BCUT2D eigenvalue weighted by Crippen LogP contribution is -2.33. The predicted molar refractivity (Wildman–Crippen MR) is 156 cm³/mol. The molecule has 0 amide bonds. The fraction of sp³-hybridized carbons (Fsp3) is 0.0278. The van der Waals surface area contributed by atoms with Crippen molar-refractivity contribution in [2.45, 2.75) is 5.41 Å². The molecule has 0 saturated heterocycles. The number of hydrogen-bond donors (Lipinski definition) is 0. The molecule has 0 saturated carbocycles. The Hall–Kier alpha value is -5.71. The zero-order chi connectivity index (χ0) is 26.6. The maximum atomic E-state index is 9.95. The van der Waals surface area contributed by atoms with E-state index in [-0.39, 0.29) is 0 Å². The molecule has 7 aromatic rings. The first-order chi connectivity index (χ1) is 19.8. The van der Waals surface area contributed by atoms with Gasteiger partial charge in [-0.1, -0.05) is 66.7 Å². The zero-order valence-corrected chi connectivity index (χ0v) is 21.2. The van der Waals surface area contributed by atoms with Crippen molar-refractivity contribution in [3.8, 4) is 29.0 Å². The number of fused-ring (bicyclic) bond motifs is 14. The Bertz CT molecular complexity index is 2300. The second-order valence-electron chi connectivity index (χ2n) is 10.6. The first-order valence-corrected chi connectivity index (χ1v) is 13.3. The van der Waals surface area contributed by atoms with E-state index in [4.69, 9.17) is 4.98 Å². The molecule has 0 unspecified atom stereocenters. The highest BCUT2D eigenvalue weighted by atomic mass is 15.0. The van der Waals surface area contributed by atoms with Crippen molar-refractivity contribution in [3.05, 3.63) is 143 Å². The molecule has 1 aliphatic heterocycles. The van der Waals surface area contributed by atoms with Crippen LogP contribution in [0.5, 0.6) is 0 Å². The first kappa shape index (κ1) is 21.2. The lowest BCUT2D eigenvalue weighted by Gasteiger charge is -2.39. The molecular formula is C36H18N4. The van der Waals surface area contributed by atoms with Gasteiger partial charge in [0.2, 0.25) is 0 Å². The van der Waals surface area contributed by atoms with Gasteiger partial charge in [0.25, 0.3) is 0 Å². The van der Waals surface area contributed by atoms with Crippen LogP contribution in [0, 0.1) is 22.7 Å². The van der Waals surface area contributed by atoms with Gasteiger partial charge in [-0.15, -0.1) is 0 Å². The number of rotatable bonds is 0. The number of pyridine rings is 1. The molecule has 1 aliphatic carbocycles. The van der Waals surface area contributed by atoms with Crippen molar-refractivity contribution in [2.24, 2.45) is 0 Å². The summed E-state index contributed by atoms with van der Waals surface area (Å²) in [6.07, 6.45) is 2.00. The number of nitrogens with zero attached hydrogens (tertiary/aromatic N) is 4. The molecule has 40 heavy (non-hydrogen) atoms. The summed E-state index contributed by atoms with van der Waals surface area (Å²) >= 11 is 0. The van der Waals surface area contributed by atoms with Crippen LogP contribution < -0.4 is 0 Å². The summed E-state index contributed by atoms with van der Waals surface area (Å²) in [6.45, 7) is 0. The molecule has 3 heterocycles. The smallest absolute Gasteiger partial charge is 0.0991 e. The van der Waals surface area contributed by atoms with Crippen LogP contribution in [0.25, 0.3) is 49.5 Å². The second kappa shape index (κ2) is 7.23. The number of aromatic nitrogens is 2. The van der Waals surface area contributed by atoms with Gasteiger partial charge in [0.05, 0.1) is 50.9 Å². The third kappa shape index (κ3) is 2.30. The quantitative estimate of drug-likeness (QED) is 0.211. The van der Waals surface area contributed by atoms with Gasteiger partial charge in [0.15, 0.2) is 0 Å². The average molecular weight is 507 g/mol. The molecule has 0 radical (unpaired) electrons. The van der Waals surface area contributed by atoms with Crippen LogP contribution in [-0.4, -0.2) is 9.55 Å². The van der Waals surface area contributed by atoms with Crippen molar-refractivity contribution in [1.82, 2.24) is 9.55 Å². The van der Waals surface area contributed by atoms with E-state index in [0.29, 0.717) is 11.1 Å². The van der Waals surface area contributed by atoms with Crippen molar-refractivity contribution < 1.29 is 0 Å². The van der Waals surface area contributed by atoms with Gasteiger partial charge in [-0.2, -0.15) is 10.5 Å². The molecular weight excluding hydrogens is 488 g/mol. The Labute approximate surface area is 229 Å². The SMILES string of the molecule is N#Cc1ccc2c(c1)C1(c3cc(C#N)ccc3-2)c2ccccc2-n2c3c1cccc3c1cnc3ccccc3c12. The van der Waals surface area contributed by atoms with Gasteiger partial charge in [-0.05, 0) is 69.8 Å². The number of benzene rings is 5. The van der Waals surface area contributed by atoms with Crippen molar-refractivity contribution in [3.63, 3.8) is 0 Å². The Morgan fingerprint density at radius 2 is 1.23 bits per heavy atom. The fourth-order valence-corrected chi connectivity index (χ4v) is 7.40. The zero-order valence-electron chi connectivity index (χ0n) is 21.2. The average Bonchev–Trinajstić information content (AvgIpc) is 3.51. The van der Waals surface area contributed by atoms with Crippen LogP contribution in [-0.2, 0) is 5.41 Å². The number of nitriles is 2. The maximum Gasteiger partial charge on any atom is 0.0991 e. The summed E-state index contributed by atoms with van der Waals surface area (Å²) in [5.41, 5.74) is 11.5. The van der Waals surface area contributed by atoms with Crippen molar-refractivity contribution in [2.75, 3.05) is 0 Å². The summed E-state index contributed by atoms with van der Waals surface area (Å²) < 4.78 is 2.41. The van der Waals surface area contributed by atoms with Crippen molar-refractivity contribution in [1.29, 1.82) is 10.5 Å². The van der Waals surface area contributed by atoms with Gasteiger partial charge >= 0.3 is 0 Å². The van der Waals surface area contributed by atoms with E-state index >= 15 is 0 Å². The minimum Gasteiger partial charge on any atom is -0.308 e. The number of para-hydroxylation sites is 3. The highest BCUT2D eigenvalue weighted by Gasteiger charge is 2.51. The van der Waals surface area contributed by atoms with E-state index in [9.17, 15) is 10.5 Å². The van der Waals surface area contributed by atoms with Gasteiger partial charge in [-0.3, -0.25) is 4.98 Å². The monoisotopic (exact) mass is 506 g/mol. The van der Waals surface area contributed by atoms with E-state index in [2.05, 4.69) is 89.5 Å². The van der Waals surface area contributed by atoms with Crippen LogP contribution in [0.4, 0.5) is 0 Å². The summed E-state index contributed by atoms with van der Waals surface area (Å²) in [7, 11) is 0. The van der Waals surface area contributed by atoms with Crippen LogP contribution in [0.15, 0.2) is 109 Å². The van der Waals surface area contributed by atoms with E-state index < -0.39 is 5.41 Å². The normalized spacial score (nSPS) is 13.7. The molecule has 2 aromatic heterocycles. The largest absolute Gasteiger partial charge is 0.308 e. The summed E-state index contributed by atoms with van der Waals surface area (Å²) in [4.78, 5) is 4.83. The minimum atomic E-state index is -0.686. The van der Waals surface area contributed by atoms with E-state index in [1.165, 1.54) is 0 Å². The summed E-state index contributed by atoms with van der Waals surface area (Å²) in [5.74, 6) is 0. The van der Waals surface area contributed by atoms with E-state index in [1.807, 2.05) is 36.5 Å². The summed E-state index contributed by atoms with van der Waals surface area (Å²) in [6, 6.07) is 40.2. The Morgan fingerprint density at radius 3 is 1.98 bits per heavy atom. The Morgan fingerprint density at radius 1 is 0.575 bits per heavy atom. The van der Waals surface area contributed by atoms with Gasteiger partial charge in [-0.25, -0.2) is 0 Å².